The fourth-order valence-corrected chi connectivity index (χ4v) is 9.02. The molecule has 10 aromatic rings. The third-order valence-electron chi connectivity index (χ3n) is 10.1. The molecular formula is C48H30S. The largest absolute Gasteiger partial charge is 0.135 e. The van der Waals surface area contributed by atoms with Gasteiger partial charge in [-0.25, -0.2) is 0 Å². The Morgan fingerprint density at radius 3 is 1.33 bits per heavy atom. The highest BCUT2D eigenvalue weighted by Gasteiger charge is 2.19. The Hall–Kier alpha value is -6.02. The van der Waals surface area contributed by atoms with E-state index in [1.165, 1.54) is 97.0 Å². The molecule has 0 atom stereocenters. The van der Waals surface area contributed by atoms with Crippen LogP contribution in [0.15, 0.2) is 182 Å². The molecule has 0 aliphatic carbocycles. The van der Waals surface area contributed by atoms with E-state index < -0.39 is 0 Å². The molecule has 49 heavy (non-hydrogen) atoms. The van der Waals surface area contributed by atoms with Crippen molar-refractivity contribution in [3.8, 4) is 44.5 Å². The van der Waals surface area contributed by atoms with E-state index in [4.69, 9.17) is 0 Å². The number of hydrogen-bond donors (Lipinski definition) is 0. The summed E-state index contributed by atoms with van der Waals surface area (Å²) >= 11 is 1.91. The van der Waals surface area contributed by atoms with E-state index in [9.17, 15) is 0 Å². The maximum atomic E-state index is 2.44. The number of benzene rings is 9. The van der Waals surface area contributed by atoms with Crippen molar-refractivity contribution < 1.29 is 0 Å². The van der Waals surface area contributed by atoms with Gasteiger partial charge in [0.2, 0.25) is 0 Å². The zero-order valence-corrected chi connectivity index (χ0v) is 27.5. The molecule has 0 unspecified atom stereocenters. The van der Waals surface area contributed by atoms with Crippen LogP contribution in [0.3, 0.4) is 0 Å². The maximum absolute atomic E-state index is 2.44. The molecule has 0 saturated carbocycles. The summed E-state index contributed by atoms with van der Waals surface area (Å²) in [5, 5.41) is 10.4. The monoisotopic (exact) mass is 638 g/mol. The molecule has 0 fully saturated rings. The lowest BCUT2D eigenvalue weighted by molar-refractivity contribution is 1.61. The van der Waals surface area contributed by atoms with Crippen LogP contribution in [0.5, 0.6) is 0 Å². The lowest BCUT2D eigenvalue weighted by atomic mass is 9.85. The molecule has 0 bridgehead atoms. The second kappa shape index (κ2) is 11.3. The van der Waals surface area contributed by atoms with Gasteiger partial charge in [0.05, 0.1) is 0 Å². The quantitative estimate of drug-likeness (QED) is 0.168. The van der Waals surface area contributed by atoms with Gasteiger partial charge >= 0.3 is 0 Å². The van der Waals surface area contributed by atoms with E-state index in [1.54, 1.807) is 0 Å². The Kier molecular flexibility index (Phi) is 6.47. The highest BCUT2D eigenvalue weighted by Crippen LogP contribution is 2.47. The summed E-state index contributed by atoms with van der Waals surface area (Å²) in [6.07, 6.45) is 0. The first-order valence-electron chi connectivity index (χ1n) is 16.8. The molecular weight excluding hydrogens is 609 g/mol. The van der Waals surface area contributed by atoms with Gasteiger partial charge in [0, 0.05) is 25.6 Å². The number of rotatable bonds is 4. The van der Waals surface area contributed by atoms with E-state index in [2.05, 4.69) is 182 Å². The summed E-state index contributed by atoms with van der Waals surface area (Å²) in [5.41, 5.74) is 10.1. The minimum absolute atomic E-state index is 1.23. The summed E-state index contributed by atoms with van der Waals surface area (Å²) in [4.78, 5) is 0. The van der Waals surface area contributed by atoms with Crippen molar-refractivity contribution in [3.63, 3.8) is 0 Å². The molecule has 1 heterocycles. The van der Waals surface area contributed by atoms with Crippen LogP contribution in [0.4, 0.5) is 0 Å². The van der Waals surface area contributed by atoms with Crippen LogP contribution in [-0.4, -0.2) is 0 Å². The molecule has 0 aliphatic heterocycles. The molecule has 9 aromatic carbocycles. The standard InChI is InChI=1S/C48H30S/c1-3-13-31(14-4-1)32-23-25-34(26-24-32)46-37-18-8-10-20-39(37)47(40-21-11-9-19-38(40)46)35-27-28-45-43(29-35)44-30-42(33-15-5-2-6-16-33)36-17-7-12-22-41(36)48(44)49-45/h1-30H. The highest BCUT2D eigenvalue weighted by molar-refractivity contribution is 7.26. The first-order valence-corrected chi connectivity index (χ1v) is 17.7. The van der Waals surface area contributed by atoms with Gasteiger partial charge < -0.3 is 0 Å². The first-order chi connectivity index (χ1) is 24.3. The third-order valence-corrected chi connectivity index (χ3v) is 11.3. The van der Waals surface area contributed by atoms with Crippen molar-refractivity contribution in [2.75, 3.05) is 0 Å². The van der Waals surface area contributed by atoms with Crippen LogP contribution in [0.2, 0.25) is 0 Å². The SMILES string of the molecule is c1ccc(-c2ccc(-c3c4ccccc4c(-c4ccc5sc6c7ccccc7c(-c7ccccc7)cc6c5c4)c4ccccc34)cc2)cc1. The molecule has 0 radical (unpaired) electrons. The van der Waals surface area contributed by atoms with Crippen molar-refractivity contribution in [1.82, 2.24) is 0 Å². The van der Waals surface area contributed by atoms with Gasteiger partial charge in [-0.15, -0.1) is 11.3 Å². The van der Waals surface area contributed by atoms with Gasteiger partial charge in [0.25, 0.3) is 0 Å². The van der Waals surface area contributed by atoms with Crippen molar-refractivity contribution in [1.29, 1.82) is 0 Å². The Labute approximate surface area is 289 Å². The Morgan fingerprint density at radius 2 is 0.714 bits per heavy atom. The molecule has 0 aliphatic rings. The van der Waals surface area contributed by atoms with Crippen molar-refractivity contribution in [2.45, 2.75) is 0 Å². The Morgan fingerprint density at radius 1 is 0.265 bits per heavy atom. The molecule has 0 saturated heterocycles. The molecule has 1 aromatic heterocycles. The van der Waals surface area contributed by atoms with Crippen LogP contribution in [0.25, 0.3) is 97.0 Å². The van der Waals surface area contributed by atoms with Crippen LogP contribution in [-0.2, 0) is 0 Å². The second-order valence-corrected chi connectivity index (χ2v) is 13.9. The van der Waals surface area contributed by atoms with Gasteiger partial charge in [-0.05, 0) is 89.6 Å². The molecule has 228 valence electrons. The van der Waals surface area contributed by atoms with Crippen molar-refractivity contribution in [3.05, 3.63) is 182 Å². The third kappa shape index (κ3) is 4.51. The van der Waals surface area contributed by atoms with E-state index in [0.717, 1.165) is 0 Å². The summed E-state index contributed by atoms with van der Waals surface area (Å²) in [6, 6.07) is 66.8. The lowest BCUT2D eigenvalue weighted by Crippen LogP contribution is -1.91. The Bertz CT molecular complexity index is 2790. The summed E-state index contributed by atoms with van der Waals surface area (Å²) in [5.74, 6) is 0. The molecule has 10 rings (SSSR count). The second-order valence-electron chi connectivity index (χ2n) is 12.8. The zero-order valence-electron chi connectivity index (χ0n) is 26.7. The first kappa shape index (κ1) is 28.0. The number of hydrogen-bond acceptors (Lipinski definition) is 1. The smallest absolute Gasteiger partial charge is 0.0434 e. The number of fused-ring (bicyclic) bond motifs is 7. The van der Waals surface area contributed by atoms with Crippen molar-refractivity contribution >= 4 is 63.8 Å². The molecule has 0 N–H and O–H groups in total. The van der Waals surface area contributed by atoms with Crippen LogP contribution < -0.4 is 0 Å². The molecule has 0 nitrogen and oxygen atoms in total. The molecule has 0 amide bonds. The van der Waals surface area contributed by atoms with Gasteiger partial charge in [0.15, 0.2) is 0 Å². The fraction of sp³-hybridized carbons (Fsp3) is 0. The molecule has 0 spiro atoms. The molecule has 1 heteroatoms. The topological polar surface area (TPSA) is 0 Å². The maximum Gasteiger partial charge on any atom is 0.0434 e. The van der Waals surface area contributed by atoms with Gasteiger partial charge in [0.1, 0.15) is 0 Å². The summed E-state index contributed by atoms with van der Waals surface area (Å²) in [6.45, 7) is 0. The van der Waals surface area contributed by atoms with E-state index in [0.29, 0.717) is 0 Å². The minimum Gasteiger partial charge on any atom is -0.135 e. The van der Waals surface area contributed by atoms with Gasteiger partial charge in [-0.1, -0.05) is 164 Å². The van der Waals surface area contributed by atoms with Crippen LogP contribution in [0.1, 0.15) is 0 Å². The van der Waals surface area contributed by atoms with E-state index >= 15 is 0 Å². The van der Waals surface area contributed by atoms with Crippen LogP contribution in [0, 0.1) is 0 Å². The van der Waals surface area contributed by atoms with E-state index in [1.807, 2.05) is 11.3 Å². The van der Waals surface area contributed by atoms with Gasteiger partial charge in [-0.3, -0.25) is 0 Å². The highest BCUT2D eigenvalue weighted by atomic mass is 32.1. The number of thiophene rings is 1. The predicted octanol–water partition coefficient (Wildman–Crippen LogP) is 14.2. The van der Waals surface area contributed by atoms with E-state index in [-0.39, 0.29) is 0 Å². The van der Waals surface area contributed by atoms with Gasteiger partial charge in [-0.2, -0.15) is 0 Å². The Balaban J connectivity index is 1.22. The summed E-state index contributed by atoms with van der Waals surface area (Å²) < 4.78 is 2.67. The van der Waals surface area contributed by atoms with Crippen molar-refractivity contribution in [2.24, 2.45) is 0 Å². The fourth-order valence-electron chi connectivity index (χ4n) is 7.82. The minimum atomic E-state index is 1.23. The zero-order chi connectivity index (χ0) is 32.3. The summed E-state index contributed by atoms with van der Waals surface area (Å²) in [7, 11) is 0. The average molecular weight is 639 g/mol. The van der Waals surface area contributed by atoms with Crippen LogP contribution >= 0.6 is 11.3 Å². The average Bonchev–Trinajstić information content (AvgIpc) is 3.55. The lowest BCUT2D eigenvalue weighted by Gasteiger charge is -2.18. The normalized spacial score (nSPS) is 11.7. The predicted molar refractivity (Wildman–Crippen MR) is 214 cm³/mol.